The summed E-state index contributed by atoms with van der Waals surface area (Å²) in [4.78, 5) is 25.2. The maximum Gasteiger partial charge on any atom is 0.405 e. The summed E-state index contributed by atoms with van der Waals surface area (Å²) in [5.41, 5.74) is 4.96. The third-order valence-corrected chi connectivity index (χ3v) is 5.27. The lowest BCUT2D eigenvalue weighted by Gasteiger charge is -2.39. The highest BCUT2D eigenvalue weighted by atomic mass is 35.5. The van der Waals surface area contributed by atoms with E-state index in [2.05, 4.69) is 34.9 Å². The number of amides is 2. The Labute approximate surface area is 177 Å². The summed E-state index contributed by atoms with van der Waals surface area (Å²) in [5, 5.41) is 15.0. The van der Waals surface area contributed by atoms with Crippen molar-refractivity contribution in [1.29, 1.82) is 0 Å². The predicted molar refractivity (Wildman–Crippen MR) is 118 cm³/mol. The minimum absolute atomic E-state index is 0. The number of carbonyl (C=O) groups excluding carboxylic acids is 1. The minimum Gasteiger partial charge on any atom is -0.465 e. The molecule has 1 aliphatic heterocycles. The Bertz CT molecular complexity index is 870. The van der Waals surface area contributed by atoms with E-state index < -0.39 is 6.09 Å². The van der Waals surface area contributed by atoms with Crippen LogP contribution in [-0.4, -0.2) is 36.7 Å². The Kier molecular flexibility index (Phi) is 7.65. The molecule has 2 atom stereocenters. The van der Waals surface area contributed by atoms with E-state index in [9.17, 15) is 14.7 Å². The van der Waals surface area contributed by atoms with Gasteiger partial charge < -0.3 is 20.6 Å². The van der Waals surface area contributed by atoms with Gasteiger partial charge in [0, 0.05) is 18.7 Å². The van der Waals surface area contributed by atoms with Crippen molar-refractivity contribution < 1.29 is 14.7 Å². The highest BCUT2D eigenvalue weighted by molar-refractivity contribution is 5.94. The molecule has 0 saturated carbocycles. The molecule has 0 aliphatic carbocycles. The molecule has 3 N–H and O–H groups in total. The Morgan fingerprint density at radius 2 is 1.79 bits per heavy atom. The second-order valence-electron chi connectivity index (χ2n) is 7.30. The quantitative estimate of drug-likeness (QED) is 0.687. The number of rotatable bonds is 5. The van der Waals surface area contributed by atoms with Gasteiger partial charge in [-0.2, -0.15) is 0 Å². The van der Waals surface area contributed by atoms with Crippen LogP contribution < -0.4 is 15.5 Å². The lowest BCUT2D eigenvalue weighted by Crippen LogP contribution is -2.45. The Hall–Kier alpha value is -2.57. The van der Waals surface area contributed by atoms with Crippen LogP contribution in [0.4, 0.5) is 10.5 Å². The van der Waals surface area contributed by atoms with Crippen LogP contribution in [0.1, 0.15) is 37.4 Å². The second-order valence-corrected chi connectivity index (χ2v) is 7.30. The molecule has 156 valence electrons. The third-order valence-electron chi connectivity index (χ3n) is 5.27. The van der Waals surface area contributed by atoms with Gasteiger partial charge in [0.1, 0.15) is 0 Å². The molecular formula is C22H28ClN3O3. The van der Waals surface area contributed by atoms with Gasteiger partial charge in [0.05, 0.1) is 6.04 Å². The fourth-order valence-corrected chi connectivity index (χ4v) is 3.94. The van der Waals surface area contributed by atoms with Crippen molar-refractivity contribution in [3.63, 3.8) is 0 Å². The monoisotopic (exact) mass is 417 g/mol. The number of likely N-dealkylation sites (N-methyl/N-ethyl adjacent to an activating group) is 1. The first-order valence-corrected chi connectivity index (χ1v) is 9.57. The summed E-state index contributed by atoms with van der Waals surface area (Å²) in [5.74, 6) is -0.0378. The molecule has 0 aromatic heterocycles. The van der Waals surface area contributed by atoms with Crippen molar-refractivity contribution in [2.45, 2.75) is 38.8 Å². The first kappa shape index (κ1) is 22.7. The lowest BCUT2D eigenvalue weighted by molar-refractivity contribution is -0.117. The summed E-state index contributed by atoms with van der Waals surface area (Å²) in [6, 6.07) is 13.9. The topological polar surface area (TPSA) is 81.7 Å². The van der Waals surface area contributed by atoms with Gasteiger partial charge in [-0.1, -0.05) is 30.3 Å². The maximum atomic E-state index is 12.2. The zero-order chi connectivity index (χ0) is 20.3. The van der Waals surface area contributed by atoms with Gasteiger partial charge in [0.2, 0.25) is 5.91 Å². The number of nitrogens with zero attached hydrogens (tertiary/aromatic N) is 1. The van der Waals surface area contributed by atoms with Crippen molar-refractivity contribution >= 4 is 30.1 Å². The van der Waals surface area contributed by atoms with E-state index in [4.69, 9.17) is 0 Å². The minimum atomic E-state index is -1.06. The molecule has 0 unspecified atom stereocenters. The number of fused-ring (bicyclic) bond motifs is 1. The van der Waals surface area contributed by atoms with Crippen LogP contribution in [0.25, 0.3) is 11.1 Å². The van der Waals surface area contributed by atoms with E-state index in [0.29, 0.717) is 6.42 Å². The molecule has 3 rings (SSSR count). The molecular weight excluding hydrogens is 390 g/mol. The van der Waals surface area contributed by atoms with Gasteiger partial charge in [0.25, 0.3) is 0 Å². The Morgan fingerprint density at radius 1 is 1.14 bits per heavy atom. The van der Waals surface area contributed by atoms with E-state index in [-0.39, 0.29) is 30.4 Å². The molecule has 2 aromatic carbocycles. The number of benzene rings is 2. The van der Waals surface area contributed by atoms with Crippen molar-refractivity contribution in [2.24, 2.45) is 0 Å². The average molecular weight is 418 g/mol. The summed E-state index contributed by atoms with van der Waals surface area (Å²) < 4.78 is 0. The highest BCUT2D eigenvalue weighted by Crippen LogP contribution is 2.39. The normalized spacial score (nSPS) is 17.8. The van der Waals surface area contributed by atoms with E-state index in [1.807, 2.05) is 32.2 Å². The summed E-state index contributed by atoms with van der Waals surface area (Å²) in [6.45, 7) is 4.42. The molecule has 1 aliphatic rings. The van der Waals surface area contributed by atoms with Crippen LogP contribution in [0.15, 0.2) is 42.5 Å². The van der Waals surface area contributed by atoms with Crippen molar-refractivity contribution in [2.75, 3.05) is 18.5 Å². The summed E-state index contributed by atoms with van der Waals surface area (Å²) >= 11 is 0. The van der Waals surface area contributed by atoms with Crippen molar-refractivity contribution in [3.05, 3.63) is 53.6 Å². The molecule has 0 bridgehead atoms. The van der Waals surface area contributed by atoms with Crippen LogP contribution in [-0.2, 0) is 11.2 Å². The molecule has 0 radical (unpaired) electrons. The van der Waals surface area contributed by atoms with Gasteiger partial charge in [-0.15, -0.1) is 12.4 Å². The molecule has 2 aromatic rings. The zero-order valence-electron chi connectivity index (χ0n) is 16.9. The van der Waals surface area contributed by atoms with Gasteiger partial charge in [-0.05, 0) is 67.7 Å². The highest BCUT2D eigenvalue weighted by Gasteiger charge is 2.33. The van der Waals surface area contributed by atoms with E-state index in [0.717, 1.165) is 35.3 Å². The largest absolute Gasteiger partial charge is 0.465 e. The van der Waals surface area contributed by atoms with Crippen LogP contribution in [0.3, 0.4) is 0 Å². The Balaban J connectivity index is 0.00000300. The third kappa shape index (κ3) is 5.08. The SMILES string of the molecule is CNCCc1ccc(-c2ccc3c(c2)[C@H](NC(=O)O)C[C@H](C)N3C(C)=O)cc1.Cl. The lowest BCUT2D eigenvalue weighted by atomic mass is 9.89. The summed E-state index contributed by atoms with van der Waals surface area (Å²) in [7, 11) is 1.94. The van der Waals surface area contributed by atoms with Gasteiger partial charge >= 0.3 is 6.09 Å². The van der Waals surface area contributed by atoms with Crippen LogP contribution in [0.5, 0.6) is 0 Å². The van der Waals surface area contributed by atoms with Crippen molar-refractivity contribution in [1.82, 2.24) is 10.6 Å². The van der Waals surface area contributed by atoms with Crippen LogP contribution in [0.2, 0.25) is 0 Å². The van der Waals surface area contributed by atoms with E-state index in [1.165, 1.54) is 5.56 Å². The molecule has 6 nitrogen and oxygen atoms in total. The van der Waals surface area contributed by atoms with E-state index >= 15 is 0 Å². The van der Waals surface area contributed by atoms with Gasteiger partial charge in [0.15, 0.2) is 0 Å². The van der Waals surface area contributed by atoms with Gasteiger partial charge in [-0.3, -0.25) is 4.79 Å². The number of carboxylic acid groups (broad SMARTS) is 1. The fourth-order valence-electron chi connectivity index (χ4n) is 3.94. The second kappa shape index (κ2) is 9.76. The number of hydrogen-bond acceptors (Lipinski definition) is 3. The van der Waals surface area contributed by atoms with Crippen LogP contribution in [0, 0.1) is 0 Å². The molecule has 1 heterocycles. The molecule has 7 heteroatoms. The first-order valence-electron chi connectivity index (χ1n) is 9.57. The van der Waals surface area contributed by atoms with Crippen molar-refractivity contribution in [3.8, 4) is 11.1 Å². The maximum absolute atomic E-state index is 12.2. The fraction of sp³-hybridized carbons (Fsp3) is 0.364. The number of halogens is 1. The smallest absolute Gasteiger partial charge is 0.405 e. The first-order chi connectivity index (χ1) is 13.4. The molecule has 0 spiro atoms. The number of nitrogens with one attached hydrogen (secondary N) is 2. The standard InChI is InChI=1S/C22H27N3O3.ClH/c1-14-12-20(24-22(27)28)19-13-18(8-9-21(19)25(14)15(2)26)17-6-4-16(5-7-17)10-11-23-3;/h4-9,13-14,20,23-24H,10-12H2,1-3H3,(H,27,28);1H/t14-,20+;/m0./s1. The molecule has 29 heavy (non-hydrogen) atoms. The molecule has 0 saturated heterocycles. The van der Waals surface area contributed by atoms with Gasteiger partial charge in [-0.25, -0.2) is 4.79 Å². The zero-order valence-corrected chi connectivity index (χ0v) is 17.8. The molecule has 2 amide bonds. The molecule has 0 fully saturated rings. The Morgan fingerprint density at radius 3 is 2.38 bits per heavy atom. The number of hydrogen-bond donors (Lipinski definition) is 3. The van der Waals surface area contributed by atoms with E-state index in [1.54, 1.807) is 11.8 Å². The number of carbonyl (C=O) groups is 2. The average Bonchev–Trinajstić information content (AvgIpc) is 2.66. The van der Waals surface area contributed by atoms with Crippen LogP contribution >= 0.6 is 12.4 Å². The number of anilines is 1. The summed E-state index contributed by atoms with van der Waals surface area (Å²) in [6.07, 6.45) is 0.459. The predicted octanol–water partition coefficient (Wildman–Crippen LogP) is 3.99.